The molecule has 2 rings (SSSR count). The van der Waals surface area contributed by atoms with E-state index in [4.69, 9.17) is 0 Å². The van der Waals surface area contributed by atoms with Gasteiger partial charge < -0.3 is 5.32 Å². The topological polar surface area (TPSA) is 55.2 Å². The lowest BCUT2D eigenvalue weighted by atomic mass is 10.1. The Bertz CT molecular complexity index is 626. The van der Waals surface area contributed by atoms with E-state index in [1.165, 1.54) is 23.3 Å². The number of benzene rings is 2. The van der Waals surface area contributed by atoms with Crippen LogP contribution in [0.25, 0.3) is 0 Å². The number of anilines is 1. The van der Waals surface area contributed by atoms with Crippen LogP contribution in [0.5, 0.6) is 0 Å². The van der Waals surface area contributed by atoms with Crippen LogP contribution in [-0.4, -0.2) is 4.92 Å². The van der Waals surface area contributed by atoms with Gasteiger partial charge in [0, 0.05) is 28.3 Å². The number of non-ortho nitro benzene ring substituents is 1. The van der Waals surface area contributed by atoms with E-state index in [0.29, 0.717) is 4.47 Å². The van der Waals surface area contributed by atoms with Gasteiger partial charge in [0.05, 0.1) is 4.92 Å². The standard InChI is InChI=1S/C15H15BrN2O2/c1-10-3-5-12(6-4-10)11(2)17-15-8-7-13(18(19)20)9-14(15)16/h3-9,11,17H,1-2H3. The molecule has 0 aliphatic rings. The van der Waals surface area contributed by atoms with Crippen molar-refractivity contribution in [2.24, 2.45) is 0 Å². The summed E-state index contributed by atoms with van der Waals surface area (Å²) in [6.45, 7) is 4.10. The van der Waals surface area contributed by atoms with Gasteiger partial charge in [-0.1, -0.05) is 29.8 Å². The highest BCUT2D eigenvalue weighted by molar-refractivity contribution is 9.10. The lowest BCUT2D eigenvalue weighted by Gasteiger charge is -2.17. The Morgan fingerprint density at radius 1 is 1.20 bits per heavy atom. The molecule has 104 valence electrons. The zero-order chi connectivity index (χ0) is 14.7. The van der Waals surface area contributed by atoms with Crippen LogP contribution in [0.3, 0.4) is 0 Å². The second-order valence-corrected chi connectivity index (χ2v) is 5.55. The second-order valence-electron chi connectivity index (χ2n) is 4.70. The van der Waals surface area contributed by atoms with Gasteiger partial charge in [-0.15, -0.1) is 0 Å². The Hall–Kier alpha value is -1.88. The van der Waals surface area contributed by atoms with Gasteiger partial charge in [-0.3, -0.25) is 10.1 Å². The van der Waals surface area contributed by atoms with Crippen molar-refractivity contribution < 1.29 is 4.92 Å². The molecule has 0 radical (unpaired) electrons. The van der Waals surface area contributed by atoms with Crippen molar-refractivity contribution in [2.75, 3.05) is 5.32 Å². The van der Waals surface area contributed by atoms with E-state index < -0.39 is 4.92 Å². The van der Waals surface area contributed by atoms with Crippen molar-refractivity contribution in [3.05, 3.63) is 68.2 Å². The Labute approximate surface area is 126 Å². The first-order valence-corrected chi connectivity index (χ1v) is 7.03. The summed E-state index contributed by atoms with van der Waals surface area (Å²) in [4.78, 5) is 10.3. The number of hydrogen-bond donors (Lipinski definition) is 1. The third-order valence-electron chi connectivity index (χ3n) is 3.11. The maximum Gasteiger partial charge on any atom is 0.270 e. The number of halogens is 1. The molecule has 0 saturated heterocycles. The highest BCUT2D eigenvalue weighted by Crippen LogP contribution is 2.30. The summed E-state index contributed by atoms with van der Waals surface area (Å²) in [5.74, 6) is 0. The van der Waals surface area contributed by atoms with Crippen molar-refractivity contribution >= 4 is 27.3 Å². The predicted octanol–water partition coefficient (Wildman–Crippen LogP) is 4.84. The Morgan fingerprint density at radius 2 is 1.85 bits per heavy atom. The van der Waals surface area contributed by atoms with Gasteiger partial charge >= 0.3 is 0 Å². The second kappa shape index (κ2) is 6.05. The molecule has 0 aliphatic heterocycles. The molecular weight excluding hydrogens is 320 g/mol. The van der Waals surface area contributed by atoms with E-state index in [0.717, 1.165) is 5.69 Å². The largest absolute Gasteiger partial charge is 0.378 e. The zero-order valence-electron chi connectivity index (χ0n) is 11.3. The van der Waals surface area contributed by atoms with E-state index in [-0.39, 0.29) is 11.7 Å². The van der Waals surface area contributed by atoms with Crippen molar-refractivity contribution in [2.45, 2.75) is 19.9 Å². The number of nitrogens with zero attached hydrogens (tertiary/aromatic N) is 1. The molecule has 5 heteroatoms. The van der Waals surface area contributed by atoms with Gasteiger partial charge in [0.1, 0.15) is 0 Å². The minimum atomic E-state index is -0.405. The van der Waals surface area contributed by atoms with Crippen LogP contribution in [0.1, 0.15) is 24.1 Å². The highest BCUT2D eigenvalue weighted by atomic mass is 79.9. The summed E-state index contributed by atoms with van der Waals surface area (Å²) >= 11 is 3.36. The van der Waals surface area contributed by atoms with Gasteiger partial charge in [-0.25, -0.2) is 0 Å². The molecular formula is C15H15BrN2O2. The summed E-state index contributed by atoms with van der Waals surface area (Å²) < 4.78 is 0.686. The molecule has 0 heterocycles. The summed E-state index contributed by atoms with van der Waals surface area (Å²) in [5, 5.41) is 14.0. The van der Waals surface area contributed by atoms with Gasteiger partial charge in [0.2, 0.25) is 0 Å². The molecule has 0 amide bonds. The minimum Gasteiger partial charge on any atom is -0.378 e. The lowest BCUT2D eigenvalue weighted by Crippen LogP contribution is -2.07. The highest BCUT2D eigenvalue weighted by Gasteiger charge is 2.11. The first-order chi connectivity index (χ1) is 9.47. The van der Waals surface area contributed by atoms with Crippen LogP contribution in [-0.2, 0) is 0 Å². The number of nitro groups is 1. The Kier molecular flexibility index (Phi) is 4.39. The van der Waals surface area contributed by atoms with Crippen LogP contribution < -0.4 is 5.32 Å². The fourth-order valence-electron chi connectivity index (χ4n) is 1.91. The number of rotatable bonds is 4. The third kappa shape index (κ3) is 3.36. The number of aryl methyl sites for hydroxylation is 1. The SMILES string of the molecule is Cc1ccc(C(C)Nc2ccc([N+](=O)[O-])cc2Br)cc1. The molecule has 0 fully saturated rings. The summed E-state index contributed by atoms with van der Waals surface area (Å²) in [7, 11) is 0. The number of hydrogen-bond acceptors (Lipinski definition) is 3. The molecule has 0 aliphatic carbocycles. The summed E-state index contributed by atoms with van der Waals surface area (Å²) in [6, 6.07) is 13.1. The van der Waals surface area contributed by atoms with E-state index >= 15 is 0 Å². The molecule has 1 N–H and O–H groups in total. The minimum absolute atomic E-state index is 0.0745. The number of nitrogens with one attached hydrogen (secondary N) is 1. The van der Waals surface area contributed by atoms with Crippen molar-refractivity contribution in [1.82, 2.24) is 0 Å². The Morgan fingerprint density at radius 3 is 2.40 bits per heavy atom. The molecule has 20 heavy (non-hydrogen) atoms. The fraction of sp³-hybridized carbons (Fsp3) is 0.200. The van der Waals surface area contributed by atoms with E-state index in [9.17, 15) is 10.1 Å². The van der Waals surface area contributed by atoms with Crippen LogP contribution in [0, 0.1) is 17.0 Å². The van der Waals surface area contributed by atoms with Crippen LogP contribution in [0.4, 0.5) is 11.4 Å². The number of nitro benzene ring substituents is 1. The molecule has 1 atom stereocenters. The maximum atomic E-state index is 10.7. The van der Waals surface area contributed by atoms with Crippen molar-refractivity contribution in [1.29, 1.82) is 0 Å². The zero-order valence-corrected chi connectivity index (χ0v) is 12.8. The van der Waals surface area contributed by atoms with Gasteiger partial charge in [0.25, 0.3) is 5.69 Å². The first-order valence-electron chi connectivity index (χ1n) is 6.24. The predicted molar refractivity (Wildman–Crippen MR) is 84.0 cm³/mol. The quantitative estimate of drug-likeness (QED) is 0.642. The maximum absolute atomic E-state index is 10.7. The first kappa shape index (κ1) is 14.5. The smallest absolute Gasteiger partial charge is 0.270 e. The molecule has 0 spiro atoms. The lowest BCUT2D eigenvalue weighted by molar-refractivity contribution is -0.384. The third-order valence-corrected chi connectivity index (χ3v) is 3.77. The van der Waals surface area contributed by atoms with Crippen LogP contribution >= 0.6 is 15.9 Å². The average molecular weight is 335 g/mol. The molecule has 2 aromatic rings. The summed E-state index contributed by atoms with van der Waals surface area (Å²) in [5.41, 5.74) is 3.30. The van der Waals surface area contributed by atoms with Gasteiger partial charge in [-0.2, -0.15) is 0 Å². The van der Waals surface area contributed by atoms with Crippen molar-refractivity contribution in [3.8, 4) is 0 Å². The fourth-order valence-corrected chi connectivity index (χ4v) is 2.39. The molecule has 4 nitrogen and oxygen atoms in total. The monoisotopic (exact) mass is 334 g/mol. The van der Waals surface area contributed by atoms with E-state index in [1.54, 1.807) is 6.07 Å². The van der Waals surface area contributed by atoms with Crippen LogP contribution in [0.2, 0.25) is 0 Å². The Balaban J connectivity index is 2.17. The molecule has 0 bridgehead atoms. The van der Waals surface area contributed by atoms with E-state index in [2.05, 4.69) is 59.4 Å². The molecule has 1 unspecified atom stereocenters. The summed E-state index contributed by atoms with van der Waals surface area (Å²) in [6.07, 6.45) is 0. The van der Waals surface area contributed by atoms with Gasteiger partial charge in [0.15, 0.2) is 0 Å². The van der Waals surface area contributed by atoms with E-state index in [1.807, 2.05) is 0 Å². The molecule has 0 aromatic heterocycles. The van der Waals surface area contributed by atoms with Gasteiger partial charge in [-0.05, 0) is 41.4 Å². The van der Waals surface area contributed by atoms with Crippen molar-refractivity contribution in [3.63, 3.8) is 0 Å². The molecule has 0 saturated carbocycles. The normalized spacial score (nSPS) is 11.9. The average Bonchev–Trinajstić information content (AvgIpc) is 2.41. The molecule has 2 aromatic carbocycles. The van der Waals surface area contributed by atoms with Crippen LogP contribution in [0.15, 0.2) is 46.9 Å².